The van der Waals surface area contributed by atoms with Crippen LogP contribution in [0.25, 0.3) is 10.2 Å². The van der Waals surface area contributed by atoms with E-state index in [1.54, 1.807) is 36.2 Å². The van der Waals surface area contributed by atoms with Crippen molar-refractivity contribution in [1.29, 1.82) is 0 Å². The summed E-state index contributed by atoms with van der Waals surface area (Å²) in [6.07, 6.45) is 6.03. The van der Waals surface area contributed by atoms with Gasteiger partial charge < -0.3 is 4.90 Å². The van der Waals surface area contributed by atoms with Crippen LogP contribution in [-0.4, -0.2) is 68.8 Å². The van der Waals surface area contributed by atoms with E-state index in [-0.39, 0.29) is 16.8 Å². The van der Waals surface area contributed by atoms with Crippen LogP contribution in [0.5, 0.6) is 0 Å². The normalized spacial score (nSPS) is 15.2. The Kier molecular flexibility index (Phi) is 8.44. The number of aromatic nitrogens is 1. The number of thiazole rings is 1. The molecule has 0 unspecified atom stereocenters. The van der Waals surface area contributed by atoms with Crippen LogP contribution >= 0.6 is 11.3 Å². The molecular formula is C27H36N4O3S2. The summed E-state index contributed by atoms with van der Waals surface area (Å²) in [5.41, 5.74) is 2.56. The maximum Gasteiger partial charge on any atom is 0.260 e. The fourth-order valence-electron chi connectivity index (χ4n) is 4.61. The number of sulfonamides is 1. The van der Waals surface area contributed by atoms with E-state index in [0.717, 1.165) is 42.3 Å². The van der Waals surface area contributed by atoms with E-state index >= 15 is 0 Å². The summed E-state index contributed by atoms with van der Waals surface area (Å²) in [7, 11) is 2.00. The first-order valence-corrected chi connectivity index (χ1v) is 14.9. The monoisotopic (exact) mass is 528 g/mol. The Morgan fingerprint density at radius 1 is 1.00 bits per heavy atom. The summed E-state index contributed by atoms with van der Waals surface area (Å²) in [6, 6.07) is 12.6. The minimum absolute atomic E-state index is 0.0406. The van der Waals surface area contributed by atoms with Crippen LogP contribution in [0, 0.1) is 0 Å². The highest BCUT2D eigenvalue weighted by molar-refractivity contribution is 7.89. The number of anilines is 1. The molecule has 9 heteroatoms. The van der Waals surface area contributed by atoms with Crippen LogP contribution in [-0.2, 0) is 16.4 Å². The molecule has 1 aliphatic rings. The number of nitrogens with zero attached hydrogens (tertiary/aromatic N) is 4. The topological polar surface area (TPSA) is 73.8 Å². The number of hydrogen-bond acceptors (Lipinski definition) is 6. The number of hydrogen-bond donors (Lipinski definition) is 0. The number of rotatable bonds is 9. The van der Waals surface area contributed by atoms with Crippen molar-refractivity contribution in [3.63, 3.8) is 0 Å². The maximum absolute atomic E-state index is 13.6. The molecule has 0 atom stereocenters. The highest BCUT2D eigenvalue weighted by Crippen LogP contribution is 2.31. The number of likely N-dealkylation sites (N-methyl/N-ethyl adjacent to an activating group) is 1. The lowest BCUT2D eigenvalue weighted by molar-refractivity contribution is 0.0985. The second kappa shape index (κ2) is 11.4. The molecule has 1 fully saturated rings. The van der Waals surface area contributed by atoms with Crippen LogP contribution in [0.3, 0.4) is 0 Å². The lowest BCUT2D eigenvalue weighted by atomic mass is 9.96. The molecule has 1 amide bonds. The van der Waals surface area contributed by atoms with Crippen molar-refractivity contribution in [1.82, 2.24) is 14.2 Å². The van der Waals surface area contributed by atoms with Gasteiger partial charge in [0, 0.05) is 31.7 Å². The van der Waals surface area contributed by atoms with Gasteiger partial charge in [0.1, 0.15) is 0 Å². The summed E-state index contributed by atoms with van der Waals surface area (Å²) < 4.78 is 29.0. The molecule has 0 radical (unpaired) electrons. The minimum Gasteiger partial charge on any atom is -0.308 e. The van der Waals surface area contributed by atoms with Crippen LogP contribution < -0.4 is 4.90 Å². The van der Waals surface area contributed by atoms with Crippen molar-refractivity contribution in [3.8, 4) is 0 Å². The molecule has 2 aromatic carbocycles. The Balaban J connectivity index is 1.59. The van der Waals surface area contributed by atoms with Gasteiger partial charge in [-0.15, -0.1) is 0 Å². The first-order valence-electron chi connectivity index (χ1n) is 12.6. The smallest absolute Gasteiger partial charge is 0.260 e. The number of amides is 1. The van der Waals surface area contributed by atoms with Gasteiger partial charge in [-0.1, -0.05) is 43.6 Å². The quantitative estimate of drug-likeness (QED) is 0.390. The van der Waals surface area contributed by atoms with Crippen molar-refractivity contribution < 1.29 is 13.2 Å². The molecule has 0 aliphatic heterocycles. The van der Waals surface area contributed by atoms with Gasteiger partial charge >= 0.3 is 0 Å². The maximum atomic E-state index is 13.6. The molecule has 0 bridgehead atoms. The molecule has 3 aromatic rings. The number of carbonyl (C=O) groups excluding carboxylic acids is 1. The number of fused-ring (bicyclic) bond motifs is 1. The van der Waals surface area contributed by atoms with Gasteiger partial charge in [0.25, 0.3) is 5.91 Å². The zero-order valence-electron chi connectivity index (χ0n) is 21.6. The lowest BCUT2D eigenvalue weighted by Crippen LogP contribution is -2.38. The molecule has 0 N–H and O–H groups in total. The third kappa shape index (κ3) is 5.80. The second-order valence-electron chi connectivity index (χ2n) is 9.75. The second-order valence-corrected chi connectivity index (χ2v) is 12.8. The molecule has 0 saturated heterocycles. The van der Waals surface area contributed by atoms with E-state index < -0.39 is 10.0 Å². The first-order chi connectivity index (χ1) is 17.2. The largest absolute Gasteiger partial charge is 0.308 e. The Labute approximate surface area is 218 Å². The summed E-state index contributed by atoms with van der Waals surface area (Å²) >= 11 is 1.51. The van der Waals surface area contributed by atoms with E-state index in [9.17, 15) is 13.2 Å². The van der Waals surface area contributed by atoms with E-state index in [1.807, 2.05) is 25.1 Å². The third-order valence-corrected chi connectivity index (χ3v) is 9.93. The molecule has 4 rings (SSSR count). The SMILES string of the molecule is CCc1ccc2nc(N(CCN(C)C)C(=O)c3ccc(S(=O)(=O)N(C)C4CCCCC4)cc3)sc2c1. The zero-order chi connectivity index (χ0) is 25.9. The van der Waals surface area contributed by atoms with Crippen LogP contribution in [0.4, 0.5) is 5.13 Å². The van der Waals surface area contributed by atoms with Crippen molar-refractivity contribution in [2.45, 2.75) is 56.4 Å². The van der Waals surface area contributed by atoms with Crippen molar-refractivity contribution in [2.24, 2.45) is 0 Å². The first kappa shape index (κ1) is 26.7. The third-order valence-electron chi connectivity index (χ3n) is 6.96. The van der Waals surface area contributed by atoms with Gasteiger partial charge in [-0.05, 0) is 75.3 Å². The predicted octanol–water partition coefficient (Wildman–Crippen LogP) is 5.02. The molecule has 0 spiro atoms. The van der Waals surface area contributed by atoms with Gasteiger partial charge in [-0.25, -0.2) is 13.4 Å². The Bertz CT molecular complexity index is 1300. The van der Waals surface area contributed by atoms with Gasteiger partial charge in [0.2, 0.25) is 10.0 Å². The Hall–Kier alpha value is -2.33. The van der Waals surface area contributed by atoms with Crippen LogP contribution in [0.2, 0.25) is 0 Å². The van der Waals surface area contributed by atoms with E-state index in [1.165, 1.54) is 27.6 Å². The van der Waals surface area contributed by atoms with Crippen LogP contribution in [0.15, 0.2) is 47.4 Å². The molecule has 7 nitrogen and oxygen atoms in total. The molecule has 1 saturated carbocycles. The molecule has 194 valence electrons. The van der Waals surface area contributed by atoms with Gasteiger partial charge in [0.15, 0.2) is 5.13 Å². The van der Waals surface area contributed by atoms with Crippen molar-refractivity contribution in [2.75, 3.05) is 39.1 Å². The van der Waals surface area contributed by atoms with Crippen molar-refractivity contribution in [3.05, 3.63) is 53.6 Å². The number of benzene rings is 2. The van der Waals surface area contributed by atoms with E-state index in [0.29, 0.717) is 23.8 Å². The standard InChI is InChI=1S/C27H36N4O3S2/c1-5-20-11-16-24-25(19-20)35-27(28-24)31(18-17-29(2)3)26(32)21-12-14-23(15-13-21)36(33,34)30(4)22-9-7-6-8-10-22/h11-16,19,22H,5-10,17-18H2,1-4H3. The van der Waals surface area contributed by atoms with Crippen molar-refractivity contribution >= 4 is 42.6 Å². The van der Waals surface area contributed by atoms with E-state index in [4.69, 9.17) is 4.98 Å². The number of aryl methyl sites for hydroxylation is 1. The fraction of sp³-hybridized carbons (Fsp3) is 0.481. The summed E-state index contributed by atoms with van der Waals surface area (Å²) in [4.78, 5) is 22.3. The molecular weight excluding hydrogens is 492 g/mol. The van der Waals surface area contributed by atoms with Gasteiger partial charge in [-0.3, -0.25) is 9.69 Å². The Morgan fingerprint density at radius 3 is 2.33 bits per heavy atom. The number of carbonyl (C=O) groups is 1. The predicted molar refractivity (Wildman–Crippen MR) is 147 cm³/mol. The minimum atomic E-state index is -3.61. The average molecular weight is 529 g/mol. The molecule has 1 heterocycles. The Morgan fingerprint density at radius 2 is 1.69 bits per heavy atom. The van der Waals surface area contributed by atoms with Gasteiger partial charge in [-0.2, -0.15) is 4.31 Å². The summed E-state index contributed by atoms with van der Waals surface area (Å²) in [5, 5.41) is 0.652. The lowest BCUT2D eigenvalue weighted by Gasteiger charge is -2.30. The molecule has 36 heavy (non-hydrogen) atoms. The molecule has 1 aliphatic carbocycles. The van der Waals surface area contributed by atoms with E-state index in [2.05, 4.69) is 19.1 Å². The zero-order valence-corrected chi connectivity index (χ0v) is 23.2. The van der Waals surface area contributed by atoms with Crippen LogP contribution in [0.1, 0.15) is 54.9 Å². The molecule has 1 aromatic heterocycles. The van der Waals surface area contributed by atoms with Gasteiger partial charge in [0.05, 0.1) is 15.1 Å². The highest BCUT2D eigenvalue weighted by atomic mass is 32.2. The fourth-order valence-corrected chi connectivity index (χ4v) is 7.08. The summed E-state index contributed by atoms with van der Waals surface area (Å²) in [5.74, 6) is -0.184. The average Bonchev–Trinajstić information content (AvgIpc) is 3.31. The highest BCUT2D eigenvalue weighted by Gasteiger charge is 2.29. The summed E-state index contributed by atoms with van der Waals surface area (Å²) in [6.45, 7) is 3.28.